The predicted octanol–water partition coefficient (Wildman–Crippen LogP) is 1.82. The molecule has 0 aliphatic rings. The lowest BCUT2D eigenvalue weighted by molar-refractivity contribution is -0.120. The molecule has 0 fully saturated rings. The minimum absolute atomic E-state index is 0.124. The van der Waals surface area contributed by atoms with E-state index in [2.05, 4.69) is 5.32 Å². The third kappa shape index (κ3) is 7.04. The summed E-state index contributed by atoms with van der Waals surface area (Å²) >= 11 is 0. The summed E-state index contributed by atoms with van der Waals surface area (Å²) in [5, 5.41) is 2.82. The van der Waals surface area contributed by atoms with Gasteiger partial charge in [0.2, 0.25) is 15.9 Å². The SMILES string of the molecule is CN(C)CCNC(=O)CCN(c1ccccc1C(C)(C)C)S(C)(=O)=O. The van der Waals surface area contributed by atoms with Crippen LogP contribution in [0, 0.1) is 0 Å². The molecule has 0 aliphatic heterocycles. The van der Waals surface area contributed by atoms with Crippen molar-refractivity contribution in [1.29, 1.82) is 0 Å². The van der Waals surface area contributed by atoms with Gasteiger partial charge >= 0.3 is 0 Å². The Morgan fingerprint density at radius 2 is 1.72 bits per heavy atom. The van der Waals surface area contributed by atoms with E-state index in [1.54, 1.807) is 6.07 Å². The zero-order valence-corrected chi connectivity index (χ0v) is 17.0. The summed E-state index contributed by atoms with van der Waals surface area (Å²) < 4.78 is 26.0. The van der Waals surface area contributed by atoms with Crippen LogP contribution in [0.3, 0.4) is 0 Å². The molecule has 0 aliphatic carbocycles. The predicted molar refractivity (Wildman–Crippen MR) is 104 cm³/mol. The van der Waals surface area contributed by atoms with Gasteiger partial charge in [-0.2, -0.15) is 0 Å². The topological polar surface area (TPSA) is 69.7 Å². The van der Waals surface area contributed by atoms with Gasteiger partial charge in [-0.1, -0.05) is 39.0 Å². The summed E-state index contributed by atoms with van der Waals surface area (Å²) in [6.45, 7) is 7.54. The number of sulfonamides is 1. The second-order valence-electron chi connectivity index (χ2n) is 7.51. The molecule has 7 heteroatoms. The van der Waals surface area contributed by atoms with Crippen LogP contribution in [0.5, 0.6) is 0 Å². The van der Waals surface area contributed by atoms with Gasteiger partial charge in [0.05, 0.1) is 11.9 Å². The molecule has 25 heavy (non-hydrogen) atoms. The van der Waals surface area contributed by atoms with E-state index in [1.807, 2.05) is 58.0 Å². The summed E-state index contributed by atoms with van der Waals surface area (Å²) in [6, 6.07) is 7.45. The highest BCUT2D eigenvalue weighted by atomic mass is 32.2. The minimum atomic E-state index is -3.49. The fraction of sp³-hybridized carbons (Fsp3) is 0.611. The Morgan fingerprint density at radius 1 is 1.12 bits per heavy atom. The number of para-hydroxylation sites is 1. The van der Waals surface area contributed by atoms with E-state index in [0.29, 0.717) is 12.2 Å². The van der Waals surface area contributed by atoms with E-state index in [4.69, 9.17) is 0 Å². The molecule has 0 bridgehead atoms. The van der Waals surface area contributed by atoms with E-state index < -0.39 is 10.0 Å². The normalized spacial score (nSPS) is 12.3. The highest BCUT2D eigenvalue weighted by Crippen LogP contribution is 2.33. The van der Waals surface area contributed by atoms with Gasteiger partial charge in [0.15, 0.2) is 0 Å². The largest absolute Gasteiger partial charge is 0.355 e. The van der Waals surface area contributed by atoms with Crippen LogP contribution in [-0.2, 0) is 20.2 Å². The van der Waals surface area contributed by atoms with Gasteiger partial charge in [0, 0.05) is 26.1 Å². The van der Waals surface area contributed by atoms with Crippen LogP contribution in [0.2, 0.25) is 0 Å². The van der Waals surface area contributed by atoms with Crippen LogP contribution < -0.4 is 9.62 Å². The van der Waals surface area contributed by atoms with Crippen LogP contribution in [0.25, 0.3) is 0 Å². The maximum atomic E-state index is 12.3. The van der Waals surface area contributed by atoms with Crippen LogP contribution >= 0.6 is 0 Å². The number of anilines is 1. The molecule has 1 N–H and O–H groups in total. The zero-order valence-electron chi connectivity index (χ0n) is 16.2. The number of nitrogens with one attached hydrogen (secondary N) is 1. The molecule has 0 aromatic heterocycles. The molecule has 0 spiro atoms. The fourth-order valence-corrected chi connectivity index (χ4v) is 3.44. The Morgan fingerprint density at radius 3 is 2.24 bits per heavy atom. The Labute approximate surface area is 152 Å². The van der Waals surface area contributed by atoms with Crippen LogP contribution in [-0.4, -0.2) is 59.2 Å². The summed E-state index contributed by atoms with van der Waals surface area (Å²) in [7, 11) is 0.378. The molecule has 0 saturated heterocycles. The van der Waals surface area contributed by atoms with Crippen molar-refractivity contribution in [2.45, 2.75) is 32.6 Å². The molecule has 0 saturated carbocycles. The van der Waals surface area contributed by atoms with Crippen molar-refractivity contribution in [3.05, 3.63) is 29.8 Å². The van der Waals surface area contributed by atoms with E-state index in [-0.39, 0.29) is 24.3 Å². The van der Waals surface area contributed by atoms with Gasteiger partial charge in [-0.3, -0.25) is 9.10 Å². The highest BCUT2D eigenvalue weighted by molar-refractivity contribution is 7.92. The van der Waals surface area contributed by atoms with Gasteiger partial charge in [-0.15, -0.1) is 0 Å². The second kappa shape index (κ2) is 8.67. The van der Waals surface area contributed by atoms with Crippen molar-refractivity contribution >= 4 is 21.6 Å². The van der Waals surface area contributed by atoms with E-state index in [1.165, 1.54) is 10.6 Å². The van der Waals surface area contributed by atoms with Gasteiger partial charge in [-0.05, 0) is 31.1 Å². The third-order valence-electron chi connectivity index (χ3n) is 3.80. The summed E-state index contributed by atoms with van der Waals surface area (Å²) in [4.78, 5) is 14.0. The first kappa shape index (κ1) is 21.4. The van der Waals surface area contributed by atoms with Gasteiger partial charge < -0.3 is 10.2 Å². The number of hydrogen-bond donors (Lipinski definition) is 1. The monoisotopic (exact) mass is 369 g/mol. The molecule has 1 amide bonds. The molecule has 1 rings (SSSR count). The first-order valence-corrected chi connectivity index (χ1v) is 10.3. The quantitative estimate of drug-likeness (QED) is 0.759. The van der Waals surface area contributed by atoms with Crippen LogP contribution in [0.15, 0.2) is 24.3 Å². The first-order chi connectivity index (χ1) is 11.4. The Bertz CT molecular complexity index is 679. The van der Waals surface area contributed by atoms with Gasteiger partial charge in [-0.25, -0.2) is 8.42 Å². The lowest BCUT2D eigenvalue weighted by atomic mass is 9.86. The van der Waals surface area contributed by atoms with Crippen molar-refractivity contribution in [1.82, 2.24) is 10.2 Å². The molecular weight excluding hydrogens is 338 g/mol. The molecule has 6 nitrogen and oxygen atoms in total. The maximum Gasteiger partial charge on any atom is 0.232 e. The summed E-state index contributed by atoms with van der Waals surface area (Å²) in [5.74, 6) is -0.149. The number of carbonyl (C=O) groups excluding carboxylic acids is 1. The van der Waals surface area contributed by atoms with Crippen molar-refractivity contribution in [2.75, 3.05) is 44.3 Å². The number of carbonyl (C=O) groups is 1. The smallest absolute Gasteiger partial charge is 0.232 e. The standard InChI is InChI=1S/C18H31N3O3S/c1-18(2,3)15-9-7-8-10-16(15)21(25(6,23)24)13-11-17(22)19-12-14-20(4)5/h7-10H,11-14H2,1-6H3,(H,19,22). The van der Waals surface area contributed by atoms with Crippen molar-refractivity contribution in [3.63, 3.8) is 0 Å². The lowest BCUT2D eigenvalue weighted by Crippen LogP contribution is -2.37. The average molecular weight is 370 g/mol. The van der Waals surface area contributed by atoms with Crippen LogP contribution in [0.4, 0.5) is 5.69 Å². The van der Waals surface area contributed by atoms with E-state index >= 15 is 0 Å². The van der Waals surface area contributed by atoms with Crippen molar-refractivity contribution in [2.24, 2.45) is 0 Å². The summed E-state index contributed by atoms with van der Waals surface area (Å²) in [6.07, 6.45) is 1.30. The zero-order chi connectivity index (χ0) is 19.3. The molecule has 0 radical (unpaired) electrons. The van der Waals surface area contributed by atoms with Crippen molar-refractivity contribution in [3.8, 4) is 0 Å². The molecule has 1 aromatic rings. The maximum absolute atomic E-state index is 12.3. The highest BCUT2D eigenvalue weighted by Gasteiger charge is 2.25. The number of amides is 1. The number of likely N-dealkylation sites (N-methyl/N-ethyl adjacent to an activating group) is 1. The van der Waals surface area contributed by atoms with Crippen molar-refractivity contribution < 1.29 is 13.2 Å². The number of nitrogens with zero attached hydrogens (tertiary/aromatic N) is 2. The van der Waals surface area contributed by atoms with Gasteiger partial charge in [0.25, 0.3) is 0 Å². The lowest BCUT2D eigenvalue weighted by Gasteiger charge is -2.30. The third-order valence-corrected chi connectivity index (χ3v) is 4.98. The second-order valence-corrected chi connectivity index (χ2v) is 9.41. The average Bonchev–Trinajstić information content (AvgIpc) is 2.45. The summed E-state index contributed by atoms with van der Waals surface area (Å²) in [5.41, 5.74) is 1.38. The number of hydrogen-bond acceptors (Lipinski definition) is 4. The Kier molecular flexibility index (Phi) is 7.44. The Hall–Kier alpha value is -1.60. The van der Waals surface area contributed by atoms with Gasteiger partial charge in [0.1, 0.15) is 0 Å². The van der Waals surface area contributed by atoms with Crippen LogP contribution in [0.1, 0.15) is 32.8 Å². The number of benzene rings is 1. The minimum Gasteiger partial charge on any atom is -0.355 e. The molecule has 0 unspecified atom stereocenters. The molecule has 0 atom stereocenters. The number of rotatable bonds is 8. The van der Waals surface area contributed by atoms with E-state index in [9.17, 15) is 13.2 Å². The molecule has 142 valence electrons. The Balaban J connectivity index is 2.93. The first-order valence-electron chi connectivity index (χ1n) is 8.41. The molecule has 1 aromatic carbocycles. The molecule has 0 heterocycles. The molecular formula is C18H31N3O3S. The van der Waals surface area contributed by atoms with E-state index in [0.717, 1.165) is 12.1 Å². The fourth-order valence-electron chi connectivity index (χ4n) is 2.50.